The minimum atomic E-state index is -3.24. The highest BCUT2D eigenvalue weighted by Crippen LogP contribution is 2.66. The minimum Gasteiger partial charge on any atom is -0.339 e. The highest BCUT2D eigenvalue weighted by Gasteiger charge is 2.60. The fraction of sp³-hybridized carbons (Fsp3) is 0.692. The van der Waals surface area contributed by atoms with Gasteiger partial charge < -0.3 is 15.5 Å². The summed E-state index contributed by atoms with van der Waals surface area (Å²) in [5.74, 6) is 0.632. The van der Waals surface area contributed by atoms with Crippen LogP contribution in [0, 0.1) is 16.7 Å². The Balaban J connectivity index is 1.16. The molecule has 4 atom stereocenters. The zero-order chi connectivity index (χ0) is 25.1. The van der Waals surface area contributed by atoms with Gasteiger partial charge in [-0.05, 0) is 92.4 Å². The molecule has 1 aromatic rings. The average Bonchev–Trinajstić information content (AvgIpc) is 2.70. The van der Waals surface area contributed by atoms with Gasteiger partial charge in [-0.2, -0.15) is 0 Å². The van der Waals surface area contributed by atoms with Crippen LogP contribution >= 0.6 is 0 Å². The van der Waals surface area contributed by atoms with Crippen LogP contribution in [0.1, 0.15) is 75.6 Å². The summed E-state index contributed by atoms with van der Waals surface area (Å²) in [6.07, 6.45) is 9.39. The lowest BCUT2D eigenvalue weighted by atomic mass is 9.43. The van der Waals surface area contributed by atoms with Crippen molar-refractivity contribution in [3.63, 3.8) is 0 Å². The van der Waals surface area contributed by atoms with E-state index in [4.69, 9.17) is 0 Å². The summed E-state index contributed by atoms with van der Waals surface area (Å²) in [6.45, 7) is 5.81. The number of carbonyl (C=O) groups is 2. The number of nitrogens with one attached hydrogen (secondary N) is 3. The lowest BCUT2D eigenvalue weighted by molar-refractivity contribution is -0.113. The summed E-state index contributed by atoms with van der Waals surface area (Å²) >= 11 is 0. The Morgan fingerprint density at radius 3 is 2.09 bits per heavy atom. The average molecular weight is 503 g/mol. The van der Waals surface area contributed by atoms with E-state index < -0.39 is 10.0 Å². The number of benzene rings is 1. The van der Waals surface area contributed by atoms with E-state index in [1.807, 2.05) is 0 Å². The molecule has 1 aromatic carbocycles. The smallest absolute Gasteiger partial charge is 0.319 e. The number of anilines is 1. The number of hydrogen-bond acceptors (Lipinski definition) is 4. The van der Waals surface area contributed by atoms with Gasteiger partial charge in [-0.1, -0.05) is 13.8 Å². The maximum atomic E-state index is 13.0. The number of carbonyl (C=O) groups excluding carboxylic acids is 2. The van der Waals surface area contributed by atoms with E-state index in [2.05, 4.69) is 29.2 Å². The van der Waals surface area contributed by atoms with Crippen LogP contribution in [0.5, 0.6) is 0 Å². The second-order valence-corrected chi connectivity index (χ2v) is 14.3. The van der Waals surface area contributed by atoms with Crippen LogP contribution in [0.15, 0.2) is 24.3 Å². The number of rotatable bonds is 5. The first-order valence-corrected chi connectivity index (χ1v) is 14.7. The molecule has 3 N–H and O–H groups in total. The Kier molecular flexibility index (Phi) is 5.95. The van der Waals surface area contributed by atoms with Crippen molar-refractivity contribution in [2.45, 2.75) is 76.8 Å². The van der Waals surface area contributed by atoms with Crippen LogP contribution in [-0.2, 0) is 10.0 Å². The van der Waals surface area contributed by atoms with Crippen molar-refractivity contribution in [2.75, 3.05) is 24.7 Å². The highest BCUT2D eigenvalue weighted by molar-refractivity contribution is 7.88. The Hall–Kier alpha value is -2.13. The first kappa shape index (κ1) is 24.6. The molecule has 5 aliphatic rings. The minimum absolute atomic E-state index is 0.0751. The number of nitrogens with zero attached hydrogens (tertiary/aromatic N) is 1. The van der Waals surface area contributed by atoms with Gasteiger partial charge in [0.15, 0.2) is 0 Å². The molecule has 0 spiro atoms. The van der Waals surface area contributed by atoms with Gasteiger partial charge in [-0.15, -0.1) is 0 Å². The first-order chi connectivity index (χ1) is 16.3. The Morgan fingerprint density at radius 1 is 0.943 bits per heavy atom. The van der Waals surface area contributed by atoms with Gasteiger partial charge in [0.05, 0.1) is 6.26 Å². The largest absolute Gasteiger partial charge is 0.339 e. The molecule has 0 radical (unpaired) electrons. The molecule has 2 unspecified atom stereocenters. The van der Waals surface area contributed by atoms with E-state index in [1.165, 1.54) is 19.3 Å². The van der Waals surface area contributed by atoms with Crippen LogP contribution in [0.4, 0.5) is 10.5 Å². The molecule has 192 valence electrons. The molecule has 8 nitrogen and oxygen atoms in total. The van der Waals surface area contributed by atoms with Crippen molar-refractivity contribution in [1.29, 1.82) is 0 Å². The number of urea groups is 1. The maximum absolute atomic E-state index is 13.0. The van der Waals surface area contributed by atoms with Gasteiger partial charge in [0, 0.05) is 35.9 Å². The predicted molar refractivity (Wildman–Crippen MR) is 136 cm³/mol. The molecule has 35 heavy (non-hydrogen) atoms. The molecule has 1 heterocycles. The SMILES string of the molecule is C[C@]12CC3CC(NC(=O)Nc4ccc(C(=O)N5CCC(NS(C)(=O)=O)CC5)cc4)(C1)C[C@@](C)(C3)C2. The quantitative estimate of drug-likeness (QED) is 0.570. The zero-order valence-electron chi connectivity index (χ0n) is 21.0. The molecular formula is C26H38N4O4S. The van der Waals surface area contributed by atoms with Crippen LogP contribution in [0.2, 0.25) is 0 Å². The van der Waals surface area contributed by atoms with Crippen molar-refractivity contribution >= 4 is 27.6 Å². The van der Waals surface area contributed by atoms with Crippen molar-refractivity contribution in [1.82, 2.24) is 14.9 Å². The molecule has 1 aliphatic heterocycles. The molecule has 4 aliphatic carbocycles. The third-order valence-corrected chi connectivity index (χ3v) is 9.32. The van der Waals surface area contributed by atoms with Gasteiger partial charge in [-0.25, -0.2) is 17.9 Å². The molecule has 9 heteroatoms. The number of sulfonamides is 1. The van der Waals surface area contributed by atoms with E-state index in [0.29, 0.717) is 53.9 Å². The second kappa shape index (κ2) is 8.47. The zero-order valence-corrected chi connectivity index (χ0v) is 21.8. The second-order valence-electron chi connectivity index (χ2n) is 12.5. The monoisotopic (exact) mass is 502 g/mol. The van der Waals surface area contributed by atoms with Crippen LogP contribution in [-0.4, -0.2) is 56.2 Å². The fourth-order valence-electron chi connectivity index (χ4n) is 8.37. The Bertz CT molecular complexity index is 1090. The van der Waals surface area contributed by atoms with Crippen molar-refractivity contribution in [3.05, 3.63) is 29.8 Å². The van der Waals surface area contributed by atoms with Crippen LogP contribution in [0.3, 0.4) is 0 Å². The van der Waals surface area contributed by atoms with E-state index in [9.17, 15) is 18.0 Å². The summed E-state index contributed by atoms with van der Waals surface area (Å²) in [5.41, 5.74) is 1.78. The summed E-state index contributed by atoms with van der Waals surface area (Å²) in [7, 11) is -3.24. The molecule has 5 fully saturated rings. The lowest BCUT2D eigenvalue weighted by Gasteiger charge is -2.65. The van der Waals surface area contributed by atoms with E-state index in [0.717, 1.165) is 25.5 Å². The summed E-state index contributed by atoms with van der Waals surface area (Å²) in [6, 6.07) is 6.73. The van der Waals surface area contributed by atoms with Crippen molar-refractivity contribution in [3.8, 4) is 0 Å². The molecule has 6 rings (SSSR count). The van der Waals surface area contributed by atoms with Gasteiger partial charge in [-0.3, -0.25) is 4.79 Å². The Labute approximate surface area is 208 Å². The normalized spacial score (nSPS) is 34.6. The van der Waals surface area contributed by atoms with E-state index >= 15 is 0 Å². The first-order valence-electron chi connectivity index (χ1n) is 12.8. The maximum Gasteiger partial charge on any atom is 0.319 e. The highest BCUT2D eigenvalue weighted by atomic mass is 32.2. The number of likely N-dealkylation sites (tertiary alicyclic amines) is 1. The number of hydrogen-bond donors (Lipinski definition) is 3. The lowest BCUT2D eigenvalue weighted by Crippen LogP contribution is -2.65. The summed E-state index contributed by atoms with van der Waals surface area (Å²) < 4.78 is 25.5. The third kappa shape index (κ3) is 5.35. The van der Waals surface area contributed by atoms with Gasteiger partial charge in [0.25, 0.3) is 5.91 Å². The topological polar surface area (TPSA) is 108 Å². The fourth-order valence-corrected chi connectivity index (χ4v) is 9.21. The summed E-state index contributed by atoms with van der Waals surface area (Å²) in [5, 5.41) is 6.33. The third-order valence-electron chi connectivity index (χ3n) is 8.56. The van der Waals surface area contributed by atoms with Gasteiger partial charge in [0.1, 0.15) is 0 Å². The van der Waals surface area contributed by atoms with Crippen molar-refractivity contribution < 1.29 is 18.0 Å². The molecule has 1 saturated heterocycles. The molecule has 4 saturated carbocycles. The van der Waals surface area contributed by atoms with Crippen LogP contribution in [0.25, 0.3) is 0 Å². The van der Waals surface area contributed by atoms with E-state index in [-0.39, 0.29) is 23.5 Å². The molecule has 4 bridgehead atoms. The molecule has 0 aromatic heterocycles. The van der Waals surface area contributed by atoms with Gasteiger partial charge in [0.2, 0.25) is 10.0 Å². The number of amides is 3. The molecule has 3 amide bonds. The Morgan fingerprint density at radius 2 is 1.54 bits per heavy atom. The van der Waals surface area contributed by atoms with Crippen molar-refractivity contribution in [2.24, 2.45) is 16.7 Å². The standard InChI is InChI=1S/C26H38N4O4S/c1-24-12-18-13-25(2,15-24)17-26(14-18,16-24)28-23(32)27-20-6-4-19(5-7-20)22(31)30-10-8-21(9-11-30)29-35(3,33)34/h4-7,18,21,29H,8-17H2,1-3H3,(H2,27,28,32)/t18?,24-,25+,26?. The van der Waals surface area contributed by atoms with Crippen LogP contribution < -0.4 is 15.4 Å². The number of piperidine rings is 1. The molecular weight excluding hydrogens is 464 g/mol. The van der Waals surface area contributed by atoms with Gasteiger partial charge >= 0.3 is 6.03 Å². The predicted octanol–water partition coefficient (Wildman–Crippen LogP) is 3.71. The van der Waals surface area contributed by atoms with E-state index in [1.54, 1.807) is 29.2 Å². The summed E-state index contributed by atoms with van der Waals surface area (Å²) in [4.78, 5) is 27.6.